The molecule has 0 aromatic carbocycles. The molecular weight excluding hydrogens is 787 g/mol. The van der Waals surface area contributed by atoms with E-state index in [2.05, 4.69) is 19.9 Å². The summed E-state index contributed by atoms with van der Waals surface area (Å²) in [5.74, 6) is -7.36. The van der Waals surface area contributed by atoms with Gasteiger partial charge in [0.05, 0.1) is 18.3 Å². The number of carbonyl (C=O) groups excluding carboxylic acids is 5. The first-order chi connectivity index (χ1) is 29.1. The minimum Gasteiger partial charge on any atom is -0.460 e. The lowest BCUT2D eigenvalue weighted by molar-refractivity contribution is -0.264. The molecule has 1 aliphatic carbocycles. The summed E-state index contributed by atoms with van der Waals surface area (Å²) in [4.78, 5) is 71.4. The highest BCUT2D eigenvalue weighted by Crippen LogP contribution is 2.38. The van der Waals surface area contributed by atoms with Crippen LogP contribution in [0.15, 0.2) is 47.6 Å². The molecule has 3 fully saturated rings. The minimum absolute atomic E-state index is 0.0475. The number of ketones is 3. The first-order valence-electron chi connectivity index (χ1n) is 23.7. The van der Waals surface area contributed by atoms with Gasteiger partial charge in [0.25, 0.3) is 11.7 Å². The molecule has 1 saturated carbocycles. The van der Waals surface area contributed by atoms with Crippen molar-refractivity contribution in [2.75, 3.05) is 6.54 Å². The van der Waals surface area contributed by atoms with E-state index in [1.807, 2.05) is 52.0 Å². The fourth-order valence-corrected chi connectivity index (χ4v) is 10.2. The van der Waals surface area contributed by atoms with Gasteiger partial charge in [-0.25, -0.2) is 4.79 Å². The number of Topliss-reactive ketones (excluding diaryl/α,β-unsaturated/α-hetero) is 3. The van der Waals surface area contributed by atoms with Gasteiger partial charge in [-0.1, -0.05) is 97.4 Å². The Hall–Kier alpha value is -3.25. The Morgan fingerprint density at radius 3 is 2.23 bits per heavy atom. The maximum absolute atomic E-state index is 14.3. The van der Waals surface area contributed by atoms with Gasteiger partial charge in [-0.2, -0.15) is 0 Å². The van der Waals surface area contributed by atoms with Crippen LogP contribution in [0, 0.1) is 53.3 Å². The molecule has 0 radical (unpaired) electrons. The Morgan fingerprint density at radius 2 is 1.53 bits per heavy atom. The lowest BCUT2D eigenvalue weighted by atomic mass is 9.75. The van der Waals surface area contributed by atoms with Crippen molar-refractivity contribution in [3.63, 3.8) is 0 Å². The van der Waals surface area contributed by atoms with Crippen molar-refractivity contribution in [2.24, 2.45) is 53.3 Å². The van der Waals surface area contributed by atoms with E-state index in [0.29, 0.717) is 56.9 Å². The molecule has 4 rings (SSSR count). The van der Waals surface area contributed by atoms with Gasteiger partial charge in [-0.15, -0.1) is 0 Å². The molecular formula is C51H79NO10. The molecule has 15 atom stereocenters. The highest BCUT2D eigenvalue weighted by atomic mass is 16.6. The Balaban J connectivity index is 1.67. The van der Waals surface area contributed by atoms with Crippen molar-refractivity contribution >= 4 is 29.2 Å². The summed E-state index contributed by atoms with van der Waals surface area (Å²) < 4.78 is 12.4. The molecule has 0 aromatic rings. The molecule has 2 saturated heterocycles. The number of ether oxygens (including phenoxy) is 2. The van der Waals surface area contributed by atoms with Gasteiger partial charge in [0.1, 0.15) is 23.7 Å². The van der Waals surface area contributed by atoms with E-state index in [0.717, 1.165) is 18.4 Å². The number of nitrogens with zero attached hydrogens (tertiary/aromatic N) is 1. The second-order valence-electron chi connectivity index (χ2n) is 20.1. The molecule has 348 valence electrons. The monoisotopic (exact) mass is 866 g/mol. The third-order valence-electron chi connectivity index (χ3n) is 14.8. The Morgan fingerprint density at radius 1 is 0.823 bits per heavy atom. The summed E-state index contributed by atoms with van der Waals surface area (Å²) in [6.45, 7) is 19.0. The van der Waals surface area contributed by atoms with Crippen molar-refractivity contribution in [2.45, 2.75) is 183 Å². The number of aliphatic hydroxyl groups excluding tert-OH is 2. The molecule has 3 aliphatic heterocycles. The number of aliphatic hydroxyl groups is 3. The summed E-state index contributed by atoms with van der Waals surface area (Å²) in [7, 11) is 0. The normalized spacial score (nSPS) is 41.8. The standard InChI is InChI=1S/C51H79NO10/c1-30-16-12-11-13-17-31(2)32(3)28-41-21-19-38(9)51(60,62-41)48(57)49(58)52-23-15-14-18-42(52)50(59)61-45(35(6)27-40-20-22-43(53)34(5)26-40)29-44(54)33(4)25-37(8)47(56)39(10)46(55)36(7)24-30/h11-13,16-17,25,30,32-36,38-43,45,47,53,56,60H,14-15,18-24,26-29H2,1-10H3/b13-11+,16-12+,31-17+,37-25+/t30-,32+,33-,34-,35-,36-,38-,39+,40?,41?,42+,43-,45?,47-,51-/m1/s1. The van der Waals surface area contributed by atoms with E-state index in [1.165, 1.54) is 4.90 Å². The molecule has 1 amide bonds. The van der Waals surface area contributed by atoms with E-state index in [9.17, 15) is 39.3 Å². The van der Waals surface area contributed by atoms with Gasteiger partial charge in [-0.3, -0.25) is 19.2 Å². The first kappa shape index (κ1) is 51.4. The van der Waals surface area contributed by atoms with Crippen LogP contribution < -0.4 is 0 Å². The van der Waals surface area contributed by atoms with Crippen LogP contribution in [0.4, 0.5) is 0 Å². The fourth-order valence-electron chi connectivity index (χ4n) is 10.2. The summed E-state index contributed by atoms with van der Waals surface area (Å²) in [6.07, 6.45) is 15.4. The SMILES string of the molecule is C/C1=C\[C@@H](C)C(=O)CC([C@H](C)CC2CC[C@@H](O)[C@H](C)C2)OC(=O)[C@@H]2CCCCN2C(=O)C(=O)[C@]2(O)OC(CC[C@H]2C)C[C@H](C)/C(C)=C/C=C/C=C/[C@@H](C)C[C@@H](C)C(=O)[C@H](C)[C@@H]1O. The largest absolute Gasteiger partial charge is 0.460 e. The predicted octanol–water partition coefficient (Wildman–Crippen LogP) is 8.04. The Kier molecular flexibility index (Phi) is 19.1. The van der Waals surface area contributed by atoms with Crippen molar-refractivity contribution < 1.29 is 48.8 Å². The third-order valence-corrected chi connectivity index (χ3v) is 14.8. The number of hydrogen-bond donors (Lipinski definition) is 3. The second kappa shape index (κ2) is 23.1. The zero-order chi connectivity index (χ0) is 46.1. The van der Waals surface area contributed by atoms with Crippen LogP contribution in [-0.2, 0) is 33.4 Å². The molecule has 3 N–H and O–H groups in total. The molecule has 3 heterocycles. The van der Waals surface area contributed by atoms with E-state index < -0.39 is 65.6 Å². The van der Waals surface area contributed by atoms with Gasteiger partial charge < -0.3 is 29.7 Å². The third kappa shape index (κ3) is 13.4. The maximum Gasteiger partial charge on any atom is 0.329 e. The summed E-state index contributed by atoms with van der Waals surface area (Å²) in [5, 5.41) is 33.6. The van der Waals surface area contributed by atoms with E-state index in [4.69, 9.17) is 9.47 Å². The van der Waals surface area contributed by atoms with E-state index in [1.54, 1.807) is 33.8 Å². The molecule has 11 heteroatoms. The number of amides is 1. The number of piperidine rings is 1. The number of fused-ring (bicyclic) bond motifs is 3. The van der Waals surface area contributed by atoms with Crippen LogP contribution in [0.3, 0.4) is 0 Å². The fraction of sp³-hybridized carbons (Fsp3) is 0.745. The van der Waals surface area contributed by atoms with Gasteiger partial charge >= 0.3 is 5.97 Å². The average Bonchev–Trinajstić information content (AvgIpc) is 3.23. The second-order valence-corrected chi connectivity index (χ2v) is 20.1. The summed E-state index contributed by atoms with van der Waals surface area (Å²) >= 11 is 0. The number of allylic oxidation sites excluding steroid dienone is 7. The predicted molar refractivity (Wildman–Crippen MR) is 240 cm³/mol. The van der Waals surface area contributed by atoms with Crippen molar-refractivity contribution in [3.05, 3.63) is 47.6 Å². The highest BCUT2D eigenvalue weighted by molar-refractivity contribution is 6.39. The smallest absolute Gasteiger partial charge is 0.329 e. The van der Waals surface area contributed by atoms with Crippen LogP contribution in [0.25, 0.3) is 0 Å². The first-order valence-corrected chi connectivity index (χ1v) is 23.7. The quantitative estimate of drug-likeness (QED) is 0.144. The number of carbonyl (C=O) groups is 5. The van der Waals surface area contributed by atoms with Crippen LogP contribution in [0.5, 0.6) is 0 Å². The Bertz CT molecular complexity index is 1700. The summed E-state index contributed by atoms with van der Waals surface area (Å²) in [6, 6.07) is -1.08. The van der Waals surface area contributed by atoms with Crippen molar-refractivity contribution in [3.8, 4) is 0 Å². The molecule has 2 bridgehead atoms. The lowest BCUT2D eigenvalue weighted by Crippen LogP contribution is -2.60. The number of rotatable bonds is 3. The van der Waals surface area contributed by atoms with E-state index in [-0.39, 0.29) is 72.6 Å². The minimum atomic E-state index is -2.35. The number of hydrogen-bond acceptors (Lipinski definition) is 10. The van der Waals surface area contributed by atoms with Crippen LogP contribution in [0.2, 0.25) is 0 Å². The molecule has 0 spiro atoms. The molecule has 3 unspecified atom stereocenters. The molecule has 11 nitrogen and oxygen atoms in total. The average molecular weight is 866 g/mol. The number of esters is 1. The highest BCUT2D eigenvalue weighted by Gasteiger charge is 2.53. The van der Waals surface area contributed by atoms with Gasteiger partial charge in [0.15, 0.2) is 0 Å². The van der Waals surface area contributed by atoms with Crippen molar-refractivity contribution in [1.82, 2.24) is 4.90 Å². The summed E-state index contributed by atoms with van der Waals surface area (Å²) in [5.41, 5.74) is 1.60. The van der Waals surface area contributed by atoms with E-state index >= 15 is 0 Å². The van der Waals surface area contributed by atoms with Crippen LogP contribution in [0.1, 0.15) is 146 Å². The molecule has 62 heavy (non-hydrogen) atoms. The lowest BCUT2D eigenvalue weighted by Gasteiger charge is -2.42. The molecule has 0 aromatic heterocycles. The zero-order valence-electron chi connectivity index (χ0n) is 39.4. The number of cyclic esters (lactones) is 1. The molecule has 4 aliphatic rings. The van der Waals surface area contributed by atoms with Gasteiger partial charge in [0.2, 0.25) is 5.79 Å². The Labute approximate surface area is 371 Å². The van der Waals surface area contributed by atoms with Gasteiger partial charge in [0, 0.05) is 36.6 Å². The topological polar surface area (TPSA) is 168 Å². The van der Waals surface area contributed by atoms with Crippen LogP contribution in [-0.4, -0.2) is 92.2 Å². The van der Waals surface area contributed by atoms with Crippen LogP contribution >= 0.6 is 0 Å². The van der Waals surface area contributed by atoms with Gasteiger partial charge in [-0.05, 0) is 120 Å². The zero-order valence-corrected chi connectivity index (χ0v) is 39.4. The maximum atomic E-state index is 14.3. The van der Waals surface area contributed by atoms with Crippen molar-refractivity contribution in [1.29, 1.82) is 0 Å².